The van der Waals surface area contributed by atoms with E-state index in [9.17, 15) is 29.6 Å². The highest BCUT2D eigenvalue weighted by atomic mass is 16.6. The summed E-state index contributed by atoms with van der Waals surface area (Å²) in [6.45, 7) is 11.2. The number of pyridine rings is 2. The van der Waals surface area contributed by atoms with Gasteiger partial charge in [-0.15, -0.1) is 0 Å². The standard InChI is InChI=1S/C27H31N5O6/c1-26(2,3)29-24(34)20-16-10-8-7-9-15(16)11-12-30(20)23-19(32(37)38)13-17-21(33)18(25(35)36)14-31(22(17)28-23)27(4,5)6/h7-10,13-14,20H,11-12H2,1-6H3,(H,29,34)(H,35,36). The molecule has 1 aromatic carbocycles. The molecule has 3 heterocycles. The lowest BCUT2D eigenvalue weighted by atomic mass is 9.91. The lowest BCUT2D eigenvalue weighted by Crippen LogP contribution is -2.50. The molecule has 0 saturated carbocycles. The number of anilines is 1. The van der Waals surface area contributed by atoms with E-state index in [0.717, 1.165) is 11.6 Å². The van der Waals surface area contributed by atoms with Crippen molar-refractivity contribution < 1.29 is 19.6 Å². The number of nitrogens with zero attached hydrogens (tertiary/aromatic N) is 4. The lowest BCUT2D eigenvalue weighted by Gasteiger charge is -2.38. The van der Waals surface area contributed by atoms with E-state index in [-0.39, 0.29) is 29.3 Å². The number of amides is 1. The molecule has 11 heteroatoms. The molecule has 3 aromatic rings. The third-order valence-corrected chi connectivity index (χ3v) is 6.39. The normalized spacial score (nSPS) is 15.7. The van der Waals surface area contributed by atoms with Crippen LogP contribution in [0.25, 0.3) is 11.0 Å². The number of hydrogen-bond acceptors (Lipinski definition) is 7. The van der Waals surface area contributed by atoms with Gasteiger partial charge in [-0.25, -0.2) is 9.78 Å². The zero-order chi connectivity index (χ0) is 28.2. The molecular weight excluding hydrogens is 490 g/mol. The van der Waals surface area contributed by atoms with Gasteiger partial charge in [0.25, 0.3) is 0 Å². The van der Waals surface area contributed by atoms with Crippen molar-refractivity contribution in [3.8, 4) is 0 Å². The van der Waals surface area contributed by atoms with Crippen molar-refractivity contribution in [2.24, 2.45) is 0 Å². The van der Waals surface area contributed by atoms with Gasteiger partial charge in [-0.1, -0.05) is 24.3 Å². The molecule has 0 bridgehead atoms. The van der Waals surface area contributed by atoms with Crippen molar-refractivity contribution >= 4 is 34.4 Å². The number of aromatic nitrogens is 2. The average Bonchev–Trinajstić information content (AvgIpc) is 2.80. The number of rotatable bonds is 4. The predicted molar refractivity (Wildman–Crippen MR) is 143 cm³/mol. The number of hydrogen-bond donors (Lipinski definition) is 2. The van der Waals surface area contributed by atoms with Gasteiger partial charge in [0.05, 0.1) is 10.3 Å². The fraction of sp³-hybridized carbons (Fsp3) is 0.407. The molecule has 1 aliphatic heterocycles. The molecule has 38 heavy (non-hydrogen) atoms. The van der Waals surface area contributed by atoms with E-state index in [4.69, 9.17) is 0 Å². The van der Waals surface area contributed by atoms with Gasteiger partial charge in [-0.3, -0.25) is 19.7 Å². The van der Waals surface area contributed by atoms with E-state index in [1.807, 2.05) is 65.8 Å². The van der Waals surface area contributed by atoms with Crippen LogP contribution in [0.15, 0.2) is 41.3 Å². The summed E-state index contributed by atoms with van der Waals surface area (Å²) in [4.78, 5) is 56.4. The SMILES string of the molecule is CC(C)(C)NC(=O)C1c2ccccc2CCN1c1nc2c(cc1[N+](=O)[O-])c(=O)c(C(=O)O)cn2C(C)(C)C. The van der Waals surface area contributed by atoms with E-state index >= 15 is 0 Å². The van der Waals surface area contributed by atoms with Gasteiger partial charge in [-0.2, -0.15) is 0 Å². The molecule has 0 aliphatic carbocycles. The molecule has 1 aliphatic rings. The second kappa shape index (κ2) is 9.23. The maximum Gasteiger partial charge on any atom is 0.341 e. The fourth-order valence-electron chi connectivity index (χ4n) is 4.75. The van der Waals surface area contributed by atoms with E-state index < -0.39 is 44.7 Å². The molecule has 2 N–H and O–H groups in total. The Labute approximate surface area is 219 Å². The number of carboxylic acid groups (broad SMARTS) is 1. The number of carbonyl (C=O) groups excluding carboxylic acids is 1. The van der Waals surface area contributed by atoms with E-state index in [1.165, 1.54) is 10.8 Å². The first-order chi connectivity index (χ1) is 17.6. The van der Waals surface area contributed by atoms with Crippen molar-refractivity contribution in [3.63, 3.8) is 0 Å². The summed E-state index contributed by atoms with van der Waals surface area (Å²) in [6, 6.07) is 7.62. The van der Waals surface area contributed by atoms with Crippen LogP contribution in [0.1, 0.15) is 69.1 Å². The maximum absolute atomic E-state index is 13.6. The molecule has 1 unspecified atom stereocenters. The largest absolute Gasteiger partial charge is 0.477 e. The predicted octanol–water partition coefficient (Wildman–Crippen LogP) is 3.78. The maximum atomic E-state index is 13.6. The summed E-state index contributed by atoms with van der Waals surface area (Å²) >= 11 is 0. The highest BCUT2D eigenvalue weighted by Gasteiger charge is 2.39. The smallest absolute Gasteiger partial charge is 0.341 e. The number of nitro groups is 1. The van der Waals surface area contributed by atoms with Crippen LogP contribution in [0, 0.1) is 10.1 Å². The van der Waals surface area contributed by atoms with Gasteiger partial charge in [0.2, 0.25) is 17.2 Å². The van der Waals surface area contributed by atoms with Gasteiger partial charge >= 0.3 is 11.7 Å². The van der Waals surface area contributed by atoms with Crippen molar-refractivity contribution in [3.05, 3.63) is 73.6 Å². The van der Waals surface area contributed by atoms with Crippen molar-refractivity contribution in [2.45, 2.75) is 65.1 Å². The number of fused-ring (bicyclic) bond motifs is 2. The van der Waals surface area contributed by atoms with Crippen LogP contribution in [0.5, 0.6) is 0 Å². The first-order valence-electron chi connectivity index (χ1n) is 12.2. The molecule has 0 fully saturated rings. The molecule has 0 spiro atoms. The summed E-state index contributed by atoms with van der Waals surface area (Å²) in [6.07, 6.45) is 1.74. The minimum absolute atomic E-state index is 0.0634. The number of nitrogens with one attached hydrogen (secondary N) is 1. The molecule has 200 valence electrons. The molecule has 1 atom stereocenters. The van der Waals surface area contributed by atoms with Gasteiger partial charge < -0.3 is 19.9 Å². The van der Waals surface area contributed by atoms with E-state index in [2.05, 4.69) is 10.3 Å². The number of benzene rings is 1. The van der Waals surface area contributed by atoms with Crippen LogP contribution >= 0.6 is 0 Å². The lowest BCUT2D eigenvalue weighted by molar-refractivity contribution is -0.384. The summed E-state index contributed by atoms with van der Waals surface area (Å²) in [5.41, 5.74) is -1.35. The zero-order valence-electron chi connectivity index (χ0n) is 22.2. The minimum atomic E-state index is -1.44. The first kappa shape index (κ1) is 26.8. The summed E-state index contributed by atoms with van der Waals surface area (Å²) in [7, 11) is 0. The first-order valence-corrected chi connectivity index (χ1v) is 12.2. The van der Waals surface area contributed by atoms with Crippen molar-refractivity contribution in [1.82, 2.24) is 14.9 Å². The Hall–Kier alpha value is -4.28. The van der Waals surface area contributed by atoms with Crippen molar-refractivity contribution in [1.29, 1.82) is 0 Å². The highest BCUT2D eigenvalue weighted by molar-refractivity contribution is 5.94. The van der Waals surface area contributed by atoms with Crippen LogP contribution in [0.4, 0.5) is 11.5 Å². The highest BCUT2D eigenvalue weighted by Crippen LogP contribution is 2.39. The molecule has 1 amide bonds. The number of aromatic carboxylic acids is 1. The minimum Gasteiger partial charge on any atom is -0.477 e. The molecule has 0 saturated heterocycles. The summed E-state index contributed by atoms with van der Waals surface area (Å²) in [5.74, 6) is -1.84. The second-order valence-corrected chi connectivity index (χ2v) is 11.5. The Bertz CT molecular complexity index is 1530. The second-order valence-electron chi connectivity index (χ2n) is 11.5. The monoisotopic (exact) mass is 521 g/mol. The Morgan fingerprint density at radius 1 is 1.16 bits per heavy atom. The summed E-state index contributed by atoms with van der Waals surface area (Å²) < 4.78 is 1.53. The third-order valence-electron chi connectivity index (χ3n) is 6.39. The number of carboxylic acids is 1. The zero-order valence-corrected chi connectivity index (χ0v) is 22.2. The molecule has 2 aromatic heterocycles. The van der Waals surface area contributed by atoms with Gasteiger partial charge in [0.15, 0.2) is 0 Å². The third kappa shape index (κ3) is 4.83. The molecule has 0 radical (unpaired) electrons. The van der Waals surface area contributed by atoms with E-state index in [1.54, 1.807) is 4.90 Å². The fourth-order valence-corrected chi connectivity index (χ4v) is 4.75. The quantitative estimate of drug-likeness (QED) is 0.389. The Balaban J connectivity index is 2.05. The van der Waals surface area contributed by atoms with E-state index in [0.29, 0.717) is 12.0 Å². The molecular formula is C27H31N5O6. The Kier molecular flexibility index (Phi) is 6.50. The van der Waals surface area contributed by atoms with Crippen LogP contribution in [-0.4, -0.2) is 43.5 Å². The van der Waals surface area contributed by atoms with Crippen LogP contribution in [0.3, 0.4) is 0 Å². The van der Waals surface area contributed by atoms with Gasteiger partial charge in [-0.05, 0) is 59.1 Å². The average molecular weight is 522 g/mol. The Morgan fingerprint density at radius 2 is 1.82 bits per heavy atom. The van der Waals surface area contributed by atoms with Crippen molar-refractivity contribution in [2.75, 3.05) is 11.4 Å². The van der Waals surface area contributed by atoms with Crippen LogP contribution < -0.4 is 15.6 Å². The number of carbonyl (C=O) groups is 2. The Morgan fingerprint density at radius 3 is 2.39 bits per heavy atom. The van der Waals surface area contributed by atoms with Crippen LogP contribution in [0.2, 0.25) is 0 Å². The van der Waals surface area contributed by atoms with Crippen LogP contribution in [-0.2, 0) is 16.8 Å². The summed E-state index contributed by atoms with van der Waals surface area (Å²) in [5, 5.41) is 24.7. The molecule has 11 nitrogen and oxygen atoms in total. The molecule has 4 rings (SSSR count). The van der Waals surface area contributed by atoms with Gasteiger partial charge in [0.1, 0.15) is 17.3 Å². The van der Waals surface area contributed by atoms with Gasteiger partial charge in [0, 0.05) is 29.9 Å². The topological polar surface area (TPSA) is 148 Å².